The van der Waals surface area contributed by atoms with Crippen LogP contribution < -0.4 is 10.1 Å². The quantitative estimate of drug-likeness (QED) is 0.737. The van der Waals surface area contributed by atoms with Crippen molar-refractivity contribution in [2.24, 2.45) is 5.41 Å². The molecule has 0 amide bonds. The lowest BCUT2D eigenvalue weighted by Crippen LogP contribution is -2.40. The molecule has 5 heteroatoms. The number of hydrogen-bond donors (Lipinski definition) is 3. The molecule has 0 aliphatic heterocycles. The highest BCUT2D eigenvalue weighted by Gasteiger charge is 2.44. The molecule has 3 N–H and O–H groups in total. The van der Waals surface area contributed by atoms with Crippen LogP contribution in [0.2, 0.25) is 0 Å². The molecule has 118 valence electrons. The number of rotatable bonds is 6. The second-order valence-corrected chi connectivity index (χ2v) is 6.48. The Hall–Kier alpha value is -1.17. The third-order valence-electron chi connectivity index (χ3n) is 4.00. The first kappa shape index (κ1) is 16.2. The Morgan fingerprint density at radius 2 is 2.00 bits per heavy atom. The lowest BCUT2D eigenvalue weighted by Gasteiger charge is -2.30. The topological polar surface area (TPSA) is 74.6 Å². The smallest absolute Gasteiger partial charge is 0.213 e. The minimum Gasteiger partial charge on any atom is -0.477 e. The van der Waals surface area contributed by atoms with Crippen molar-refractivity contribution in [2.75, 3.05) is 13.2 Å². The van der Waals surface area contributed by atoms with E-state index in [-0.39, 0.29) is 5.41 Å². The van der Waals surface area contributed by atoms with Crippen molar-refractivity contribution in [3.8, 4) is 5.88 Å². The number of aliphatic hydroxyl groups excluding tert-OH is 2. The average Bonchev–Trinajstić information content (AvgIpc) is 2.71. The summed E-state index contributed by atoms with van der Waals surface area (Å²) in [6, 6.07) is 6.02. The van der Waals surface area contributed by atoms with Gasteiger partial charge in [0, 0.05) is 29.8 Å². The van der Waals surface area contributed by atoms with E-state index < -0.39 is 12.2 Å². The molecular weight excluding hydrogens is 268 g/mol. The van der Waals surface area contributed by atoms with E-state index in [2.05, 4.69) is 24.1 Å². The van der Waals surface area contributed by atoms with E-state index in [0.717, 1.165) is 5.69 Å². The molecule has 1 heterocycles. The van der Waals surface area contributed by atoms with Gasteiger partial charge in [0.25, 0.3) is 0 Å². The predicted octanol–water partition coefficient (Wildman–Crippen LogP) is 1.27. The number of aliphatic hydroxyl groups is 2. The molecule has 1 aromatic heterocycles. The molecule has 0 radical (unpaired) electrons. The van der Waals surface area contributed by atoms with Crippen LogP contribution >= 0.6 is 0 Å². The summed E-state index contributed by atoms with van der Waals surface area (Å²) in [5.74, 6) is 0.592. The Kier molecular flexibility index (Phi) is 5.19. The second kappa shape index (κ2) is 6.73. The molecule has 0 bridgehead atoms. The third kappa shape index (κ3) is 4.40. The van der Waals surface area contributed by atoms with Gasteiger partial charge in [-0.3, -0.25) is 0 Å². The normalized spacial score (nSPS) is 29.0. The molecular formula is C16H26N2O3. The first-order valence-corrected chi connectivity index (χ1v) is 7.56. The monoisotopic (exact) mass is 294 g/mol. The van der Waals surface area contributed by atoms with Gasteiger partial charge < -0.3 is 20.3 Å². The average molecular weight is 294 g/mol. The van der Waals surface area contributed by atoms with E-state index >= 15 is 0 Å². The van der Waals surface area contributed by atoms with Crippen molar-refractivity contribution < 1.29 is 14.9 Å². The summed E-state index contributed by atoms with van der Waals surface area (Å²) >= 11 is 0. The molecule has 1 aromatic rings. The van der Waals surface area contributed by atoms with E-state index in [9.17, 15) is 10.2 Å². The summed E-state index contributed by atoms with van der Waals surface area (Å²) in [5.41, 5.74) is 0.655. The maximum Gasteiger partial charge on any atom is 0.213 e. The van der Waals surface area contributed by atoms with E-state index in [1.165, 1.54) is 0 Å². The van der Waals surface area contributed by atoms with E-state index in [0.29, 0.717) is 37.9 Å². The second-order valence-electron chi connectivity index (χ2n) is 6.48. The number of aryl methyl sites for hydroxylation is 1. The van der Waals surface area contributed by atoms with Gasteiger partial charge in [0.15, 0.2) is 0 Å². The highest BCUT2D eigenvalue weighted by molar-refractivity contribution is 5.15. The van der Waals surface area contributed by atoms with Gasteiger partial charge in [-0.15, -0.1) is 0 Å². The van der Waals surface area contributed by atoms with Crippen molar-refractivity contribution in [1.29, 1.82) is 0 Å². The summed E-state index contributed by atoms with van der Waals surface area (Å²) < 4.78 is 5.83. The van der Waals surface area contributed by atoms with Crippen LogP contribution in [0.4, 0.5) is 0 Å². The first-order valence-electron chi connectivity index (χ1n) is 7.56. The van der Waals surface area contributed by atoms with Crippen molar-refractivity contribution in [1.82, 2.24) is 10.3 Å². The Morgan fingerprint density at radius 1 is 1.33 bits per heavy atom. The van der Waals surface area contributed by atoms with Crippen LogP contribution in [0, 0.1) is 12.3 Å². The molecule has 0 saturated heterocycles. The number of nitrogens with one attached hydrogen (secondary N) is 1. The van der Waals surface area contributed by atoms with Gasteiger partial charge in [-0.2, -0.15) is 0 Å². The molecule has 1 fully saturated rings. The van der Waals surface area contributed by atoms with Crippen molar-refractivity contribution in [2.45, 2.75) is 51.9 Å². The van der Waals surface area contributed by atoms with E-state index in [1.54, 1.807) is 0 Å². The van der Waals surface area contributed by atoms with Gasteiger partial charge in [0.2, 0.25) is 5.88 Å². The number of nitrogens with zero attached hydrogens (tertiary/aromatic N) is 1. The molecule has 21 heavy (non-hydrogen) atoms. The zero-order chi connectivity index (χ0) is 15.5. The fourth-order valence-corrected chi connectivity index (χ4v) is 2.80. The molecule has 1 aliphatic carbocycles. The fourth-order valence-electron chi connectivity index (χ4n) is 2.80. The highest BCUT2D eigenvalue weighted by Crippen LogP contribution is 2.38. The number of pyridine rings is 1. The molecule has 0 aromatic carbocycles. The molecule has 2 rings (SSSR count). The van der Waals surface area contributed by atoms with E-state index in [1.807, 2.05) is 25.1 Å². The largest absolute Gasteiger partial charge is 0.477 e. The lowest BCUT2D eigenvalue weighted by atomic mass is 9.86. The SMILES string of the molecule is Cc1cccc(OCC2(CNC(C)C)CC(O)C(O)C2)n1. The maximum absolute atomic E-state index is 9.89. The Bertz CT molecular complexity index is 455. The summed E-state index contributed by atoms with van der Waals surface area (Å²) in [6.07, 6.45) is -0.263. The third-order valence-corrected chi connectivity index (χ3v) is 4.00. The first-order chi connectivity index (χ1) is 9.90. The minimum absolute atomic E-state index is 0.255. The van der Waals surface area contributed by atoms with Gasteiger partial charge in [-0.1, -0.05) is 19.9 Å². The Morgan fingerprint density at radius 3 is 2.57 bits per heavy atom. The van der Waals surface area contributed by atoms with Gasteiger partial charge in [-0.05, 0) is 25.8 Å². The zero-order valence-corrected chi connectivity index (χ0v) is 13.0. The Labute approximate surface area is 126 Å². The van der Waals surface area contributed by atoms with Crippen LogP contribution in [0.15, 0.2) is 18.2 Å². The van der Waals surface area contributed by atoms with Crippen LogP contribution in [-0.4, -0.2) is 46.6 Å². The van der Waals surface area contributed by atoms with Crippen LogP contribution in [0.3, 0.4) is 0 Å². The zero-order valence-electron chi connectivity index (χ0n) is 13.0. The van der Waals surface area contributed by atoms with Gasteiger partial charge in [-0.25, -0.2) is 4.98 Å². The van der Waals surface area contributed by atoms with Crippen LogP contribution in [0.5, 0.6) is 5.88 Å². The van der Waals surface area contributed by atoms with Crippen LogP contribution in [0.25, 0.3) is 0 Å². The lowest BCUT2D eigenvalue weighted by molar-refractivity contribution is 0.0438. The molecule has 1 aliphatic rings. The number of aromatic nitrogens is 1. The van der Waals surface area contributed by atoms with Gasteiger partial charge >= 0.3 is 0 Å². The van der Waals surface area contributed by atoms with Crippen molar-refractivity contribution in [3.63, 3.8) is 0 Å². The van der Waals surface area contributed by atoms with Crippen LogP contribution in [0.1, 0.15) is 32.4 Å². The van der Waals surface area contributed by atoms with Gasteiger partial charge in [0.05, 0.1) is 18.8 Å². The minimum atomic E-state index is -0.673. The van der Waals surface area contributed by atoms with Crippen LogP contribution in [-0.2, 0) is 0 Å². The Balaban J connectivity index is 2.02. The predicted molar refractivity (Wildman–Crippen MR) is 81.3 cm³/mol. The van der Waals surface area contributed by atoms with Crippen molar-refractivity contribution in [3.05, 3.63) is 23.9 Å². The summed E-state index contributed by atoms with van der Waals surface area (Å²) in [6.45, 7) is 7.24. The molecule has 2 atom stereocenters. The fraction of sp³-hybridized carbons (Fsp3) is 0.688. The number of hydrogen-bond acceptors (Lipinski definition) is 5. The van der Waals surface area contributed by atoms with E-state index in [4.69, 9.17) is 4.74 Å². The summed E-state index contributed by atoms with van der Waals surface area (Å²) in [4.78, 5) is 4.33. The van der Waals surface area contributed by atoms with Gasteiger partial charge in [0.1, 0.15) is 0 Å². The summed E-state index contributed by atoms with van der Waals surface area (Å²) in [7, 11) is 0. The van der Waals surface area contributed by atoms with Crippen molar-refractivity contribution >= 4 is 0 Å². The molecule has 1 saturated carbocycles. The maximum atomic E-state index is 9.89. The molecule has 2 unspecified atom stereocenters. The summed E-state index contributed by atoms with van der Waals surface area (Å²) in [5, 5.41) is 23.2. The standard InChI is InChI=1S/C16H26N2O3/c1-11(2)17-9-16(7-13(19)14(20)8-16)10-21-15-6-4-5-12(3)18-15/h4-6,11,13-14,17,19-20H,7-10H2,1-3H3. The highest BCUT2D eigenvalue weighted by atomic mass is 16.5. The number of ether oxygens (including phenoxy) is 1. The molecule has 0 spiro atoms. The molecule has 5 nitrogen and oxygen atoms in total.